The molecule has 0 aromatic heterocycles. The summed E-state index contributed by atoms with van der Waals surface area (Å²) in [4.78, 5) is 26.4. The third kappa shape index (κ3) is 5.71. The van der Waals surface area contributed by atoms with Crippen LogP contribution in [0.15, 0.2) is 42.5 Å². The SMILES string of the molecule is COc1ccc(CCNC(=O)CC2c3ccccc3CCN2C(C)=O)cc1OC(F)F. The van der Waals surface area contributed by atoms with E-state index in [-0.39, 0.29) is 35.8 Å². The molecule has 3 rings (SSSR count). The van der Waals surface area contributed by atoms with E-state index in [1.165, 1.54) is 20.1 Å². The lowest BCUT2D eigenvalue weighted by molar-refractivity contribution is -0.133. The number of carbonyl (C=O) groups excluding carboxylic acids is 2. The highest BCUT2D eigenvalue weighted by atomic mass is 19.3. The van der Waals surface area contributed by atoms with Crippen LogP contribution in [-0.4, -0.2) is 43.5 Å². The molecule has 0 fully saturated rings. The van der Waals surface area contributed by atoms with Gasteiger partial charge in [-0.15, -0.1) is 0 Å². The highest BCUT2D eigenvalue weighted by Gasteiger charge is 2.30. The first-order valence-electron chi connectivity index (χ1n) is 10.1. The molecule has 0 saturated carbocycles. The van der Waals surface area contributed by atoms with Gasteiger partial charge in [0.2, 0.25) is 11.8 Å². The van der Waals surface area contributed by atoms with Crippen molar-refractivity contribution in [3.63, 3.8) is 0 Å². The van der Waals surface area contributed by atoms with Crippen LogP contribution in [0.4, 0.5) is 8.78 Å². The highest BCUT2D eigenvalue weighted by molar-refractivity contribution is 5.79. The van der Waals surface area contributed by atoms with E-state index in [9.17, 15) is 18.4 Å². The van der Waals surface area contributed by atoms with Gasteiger partial charge in [-0.3, -0.25) is 9.59 Å². The van der Waals surface area contributed by atoms with E-state index in [2.05, 4.69) is 10.1 Å². The summed E-state index contributed by atoms with van der Waals surface area (Å²) in [5.41, 5.74) is 2.88. The lowest BCUT2D eigenvalue weighted by atomic mass is 9.90. The molecule has 1 atom stereocenters. The molecule has 1 N–H and O–H groups in total. The Hall–Kier alpha value is -3.16. The smallest absolute Gasteiger partial charge is 0.387 e. The van der Waals surface area contributed by atoms with Gasteiger partial charge in [-0.25, -0.2) is 0 Å². The first kappa shape index (κ1) is 22.5. The first-order chi connectivity index (χ1) is 14.9. The number of nitrogens with zero attached hydrogens (tertiary/aromatic N) is 1. The van der Waals surface area contributed by atoms with Crippen molar-refractivity contribution in [1.29, 1.82) is 0 Å². The van der Waals surface area contributed by atoms with Crippen molar-refractivity contribution < 1.29 is 27.8 Å². The molecule has 1 aliphatic heterocycles. The average molecular weight is 432 g/mol. The van der Waals surface area contributed by atoms with Gasteiger partial charge < -0.3 is 19.7 Å². The number of ether oxygens (including phenoxy) is 2. The zero-order valence-corrected chi connectivity index (χ0v) is 17.6. The number of carbonyl (C=O) groups is 2. The summed E-state index contributed by atoms with van der Waals surface area (Å²) >= 11 is 0. The summed E-state index contributed by atoms with van der Waals surface area (Å²) in [6.07, 6.45) is 1.38. The summed E-state index contributed by atoms with van der Waals surface area (Å²) in [7, 11) is 1.38. The molecule has 1 aliphatic rings. The van der Waals surface area contributed by atoms with Gasteiger partial charge in [0, 0.05) is 20.0 Å². The van der Waals surface area contributed by atoms with E-state index in [1.807, 2.05) is 24.3 Å². The van der Waals surface area contributed by atoms with Crippen molar-refractivity contribution in [3.8, 4) is 11.5 Å². The van der Waals surface area contributed by atoms with Crippen LogP contribution in [0.2, 0.25) is 0 Å². The second-order valence-corrected chi connectivity index (χ2v) is 7.34. The predicted octanol–water partition coefficient (Wildman–Crippen LogP) is 3.49. The van der Waals surface area contributed by atoms with E-state index < -0.39 is 6.61 Å². The molecule has 1 heterocycles. The van der Waals surface area contributed by atoms with E-state index in [0.29, 0.717) is 19.5 Å². The zero-order chi connectivity index (χ0) is 22.4. The molecular weight excluding hydrogens is 406 g/mol. The van der Waals surface area contributed by atoms with Gasteiger partial charge in [0.25, 0.3) is 0 Å². The number of alkyl halides is 2. The van der Waals surface area contributed by atoms with Crippen molar-refractivity contribution in [2.45, 2.75) is 38.8 Å². The summed E-state index contributed by atoms with van der Waals surface area (Å²) < 4.78 is 34.7. The van der Waals surface area contributed by atoms with Gasteiger partial charge in [0.15, 0.2) is 11.5 Å². The number of benzene rings is 2. The minimum atomic E-state index is -2.95. The van der Waals surface area contributed by atoms with Crippen LogP contribution >= 0.6 is 0 Å². The maximum absolute atomic E-state index is 12.6. The fourth-order valence-electron chi connectivity index (χ4n) is 3.91. The molecule has 1 unspecified atom stereocenters. The van der Waals surface area contributed by atoms with Gasteiger partial charge in [0.1, 0.15) is 0 Å². The van der Waals surface area contributed by atoms with Crippen LogP contribution in [0.3, 0.4) is 0 Å². The normalized spacial score (nSPS) is 15.4. The van der Waals surface area contributed by atoms with Gasteiger partial charge in [-0.2, -0.15) is 8.78 Å². The Morgan fingerprint density at radius 1 is 1.19 bits per heavy atom. The zero-order valence-electron chi connectivity index (χ0n) is 17.6. The third-order valence-electron chi connectivity index (χ3n) is 5.38. The van der Waals surface area contributed by atoms with E-state index in [1.54, 1.807) is 17.0 Å². The highest BCUT2D eigenvalue weighted by Crippen LogP contribution is 2.32. The first-order valence-corrected chi connectivity index (χ1v) is 10.1. The number of rotatable bonds is 8. The standard InChI is InChI=1S/C23H26F2N2O4/c1-15(28)27-12-10-17-5-3-4-6-18(17)19(27)14-22(29)26-11-9-16-7-8-20(30-2)21(13-16)31-23(24)25/h3-8,13,19,23H,9-12,14H2,1-2H3,(H,26,29). The minimum Gasteiger partial charge on any atom is -0.493 e. The molecule has 31 heavy (non-hydrogen) atoms. The maximum Gasteiger partial charge on any atom is 0.387 e. The van der Waals surface area contributed by atoms with Crippen LogP contribution in [0.5, 0.6) is 11.5 Å². The van der Waals surface area contributed by atoms with Crippen molar-refractivity contribution in [3.05, 3.63) is 59.2 Å². The van der Waals surface area contributed by atoms with Crippen LogP contribution in [0.25, 0.3) is 0 Å². The lowest BCUT2D eigenvalue weighted by Gasteiger charge is -2.36. The van der Waals surface area contributed by atoms with Crippen LogP contribution in [0.1, 0.15) is 36.1 Å². The number of halogens is 2. The molecule has 6 nitrogen and oxygen atoms in total. The van der Waals surface area contributed by atoms with Gasteiger partial charge in [0.05, 0.1) is 19.6 Å². The second-order valence-electron chi connectivity index (χ2n) is 7.34. The topological polar surface area (TPSA) is 67.9 Å². The van der Waals surface area contributed by atoms with E-state index in [4.69, 9.17) is 4.74 Å². The largest absolute Gasteiger partial charge is 0.493 e. The van der Waals surface area contributed by atoms with Gasteiger partial charge in [-0.1, -0.05) is 30.3 Å². The molecule has 166 valence electrons. The molecule has 0 radical (unpaired) electrons. The van der Waals surface area contributed by atoms with Crippen LogP contribution in [0, 0.1) is 0 Å². The Bertz CT molecular complexity index is 936. The van der Waals surface area contributed by atoms with Crippen molar-refractivity contribution in [1.82, 2.24) is 10.2 Å². The maximum atomic E-state index is 12.6. The lowest BCUT2D eigenvalue weighted by Crippen LogP contribution is -2.41. The third-order valence-corrected chi connectivity index (χ3v) is 5.38. The van der Waals surface area contributed by atoms with E-state index >= 15 is 0 Å². The number of hydrogen-bond acceptors (Lipinski definition) is 4. The Labute approximate surface area is 180 Å². The summed E-state index contributed by atoms with van der Waals surface area (Å²) in [5, 5.41) is 2.86. The molecule has 2 aromatic rings. The second kappa shape index (κ2) is 10.2. The molecule has 0 saturated heterocycles. The Kier molecular flexibility index (Phi) is 7.44. The molecule has 0 spiro atoms. The molecule has 2 aromatic carbocycles. The number of fused-ring (bicyclic) bond motifs is 1. The molecule has 8 heteroatoms. The number of methoxy groups -OCH3 is 1. The van der Waals surface area contributed by atoms with Gasteiger partial charge >= 0.3 is 6.61 Å². The molecule has 0 aliphatic carbocycles. The fourth-order valence-corrected chi connectivity index (χ4v) is 3.91. The summed E-state index contributed by atoms with van der Waals surface area (Å²) in [6.45, 7) is -0.523. The molecule has 2 amide bonds. The number of amides is 2. The van der Waals surface area contributed by atoms with Crippen LogP contribution < -0.4 is 14.8 Å². The molecule has 0 bridgehead atoms. The van der Waals surface area contributed by atoms with Gasteiger partial charge in [-0.05, 0) is 41.7 Å². The quantitative estimate of drug-likeness (QED) is 0.694. The monoisotopic (exact) mass is 432 g/mol. The van der Waals surface area contributed by atoms with Crippen molar-refractivity contribution >= 4 is 11.8 Å². The predicted molar refractivity (Wildman–Crippen MR) is 111 cm³/mol. The minimum absolute atomic E-state index is 0.0442. The Balaban J connectivity index is 1.60. The van der Waals surface area contributed by atoms with Crippen molar-refractivity contribution in [2.75, 3.05) is 20.2 Å². The average Bonchev–Trinajstić information content (AvgIpc) is 2.73. The Morgan fingerprint density at radius 2 is 1.97 bits per heavy atom. The fraction of sp³-hybridized carbons (Fsp3) is 0.391. The number of nitrogens with one attached hydrogen (secondary N) is 1. The van der Waals surface area contributed by atoms with E-state index in [0.717, 1.165) is 23.1 Å². The number of hydrogen-bond donors (Lipinski definition) is 1. The summed E-state index contributed by atoms with van der Waals surface area (Å²) in [5.74, 6) is -0.0618. The molecular formula is C23H26F2N2O4. The Morgan fingerprint density at radius 3 is 2.68 bits per heavy atom. The van der Waals surface area contributed by atoms with Crippen molar-refractivity contribution in [2.24, 2.45) is 0 Å². The summed E-state index contributed by atoms with van der Waals surface area (Å²) in [6, 6.07) is 12.3. The van der Waals surface area contributed by atoms with Crippen LogP contribution in [-0.2, 0) is 22.4 Å².